The van der Waals surface area contributed by atoms with Crippen molar-refractivity contribution in [3.05, 3.63) is 83.4 Å². The Hall–Kier alpha value is -2.32. The van der Waals surface area contributed by atoms with Crippen LogP contribution in [0.4, 0.5) is 0 Å². The number of hydrogen-bond donors (Lipinski definition) is 0. The van der Waals surface area contributed by atoms with Gasteiger partial charge in [-0.05, 0) is 24.3 Å². The molecule has 3 rings (SSSR count). The Morgan fingerprint density at radius 2 is 1.63 bits per heavy atom. The number of rotatable bonds is 3. The summed E-state index contributed by atoms with van der Waals surface area (Å²) in [6.07, 6.45) is 1.73. The fourth-order valence-electron chi connectivity index (χ4n) is 2.08. The van der Waals surface area contributed by atoms with Gasteiger partial charge in [0.15, 0.2) is 0 Å². The van der Waals surface area contributed by atoms with E-state index in [2.05, 4.69) is 6.58 Å². The van der Waals surface area contributed by atoms with Gasteiger partial charge in [-0.25, -0.2) is 0 Å². The number of nitrogens with zero attached hydrogens (tertiary/aromatic N) is 2. The topological polar surface area (TPSA) is 53.3 Å². The summed E-state index contributed by atoms with van der Waals surface area (Å²) in [6.45, 7) is 4.71. The zero-order valence-corrected chi connectivity index (χ0v) is 16.4. The van der Waals surface area contributed by atoms with Crippen molar-refractivity contribution in [1.82, 2.24) is 4.90 Å². The number of amides is 1. The summed E-state index contributed by atoms with van der Waals surface area (Å²) in [7, 11) is 0. The van der Waals surface area contributed by atoms with Gasteiger partial charge in [0.05, 0.1) is 12.7 Å². The molecule has 6 heteroatoms. The lowest BCUT2D eigenvalue weighted by atomic mass is 10.2. The molecule has 1 aliphatic heterocycles. The predicted octanol–water partition coefficient (Wildman–Crippen LogP) is 4.99. The summed E-state index contributed by atoms with van der Waals surface area (Å²) < 4.78 is 5.24. The second-order valence-electron chi connectivity index (χ2n) is 5.39. The van der Waals surface area contributed by atoms with Crippen LogP contribution in [0.5, 0.6) is 0 Å². The highest BCUT2D eigenvalue weighted by Gasteiger charge is 2.27. The first-order valence-electron chi connectivity index (χ1n) is 8.37. The summed E-state index contributed by atoms with van der Waals surface area (Å²) >= 11 is 11.1. The van der Waals surface area contributed by atoms with E-state index in [0.29, 0.717) is 19.6 Å². The van der Waals surface area contributed by atoms with E-state index in [1.165, 1.54) is 4.90 Å². The molecule has 4 nitrogen and oxygen atoms in total. The Labute approximate surface area is 170 Å². The second-order valence-corrected chi connectivity index (χ2v) is 6.27. The van der Waals surface area contributed by atoms with E-state index in [-0.39, 0.29) is 12.5 Å². The Kier molecular flexibility index (Phi) is 11.6. The molecule has 0 radical (unpaired) electrons. The lowest BCUT2D eigenvalue weighted by molar-refractivity contribution is -0.151. The standard InChI is InChI=1S/C9H12N2O2.2C6H5Cl/c1-2-3-8-9(12)11(5-4-10)6-7-13-8;2*7-6-4-2-1-3-5-6/h2,8H,1,3,5-7H2;2*1-5H. The molecule has 2 aromatic rings. The summed E-state index contributed by atoms with van der Waals surface area (Å²) in [5.74, 6) is -0.104. The van der Waals surface area contributed by atoms with Crippen LogP contribution in [0.1, 0.15) is 6.42 Å². The van der Waals surface area contributed by atoms with Crippen molar-refractivity contribution in [2.75, 3.05) is 19.7 Å². The molecule has 1 aliphatic rings. The third-order valence-corrected chi connectivity index (χ3v) is 3.88. The van der Waals surface area contributed by atoms with Gasteiger partial charge in [0.25, 0.3) is 5.91 Å². The summed E-state index contributed by atoms with van der Waals surface area (Å²) in [5, 5.41) is 10.0. The second kappa shape index (κ2) is 13.8. The minimum Gasteiger partial charge on any atom is -0.366 e. The fourth-order valence-corrected chi connectivity index (χ4v) is 2.37. The Morgan fingerprint density at radius 1 is 1.11 bits per heavy atom. The molecular weight excluding hydrogens is 383 g/mol. The molecule has 1 heterocycles. The quantitative estimate of drug-likeness (QED) is 0.534. The van der Waals surface area contributed by atoms with Gasteiger partial charge < -0.3 is 9.64 Å². The number of benzene rings is 2. The molecule has 0 aromatic heterocycles. The molecule has 1 saturated heterocycles. The number of carbonyl (C=O) groups is 1. The number of halogens is 2. The summed E-state index contributed by atoms with van der Waals surface area (Å²) in [4.78, 5) is 13.0. The molecule has 0 bridgehead atoms. The Morgan fingerprint density at radius 3 is 2.00 bits per heavy atom. The molecular formula is C21H22Cl2N2O2. The average Bonchev–Trinajstić information content (AvgIpc) is 2.68. The number of carbonyl (C=O) groups excluding carboxylic acids is 1. The van der Waals surface area contributed by atoms with E-state index in [1.807, 2.05) is 66.7 Å². The Balaban J connectivity index is 0.000000220. The molecule has 1 fully saturated rings. The minimum absolute atomic E-state index is 0.104. The first-order valence-corrected chi connectivity index (χ1v) is 9.13. The van der Waals surface area contributed by atoms with Gasteiger partial charge in [-0.1, -0.05) is 65.7 Å². The SMILES string of the molecule is C=CCC1OCCN(CC#N)C1=O.Clc1ccccc1.Clc1ccccc1. The molecule has 0 saturated carbocycles. The van der Waals surface area contributed by atoms with Crippen molar-refractivity contribution in [2.45, 2.75) is 12.5 Å². The minimum atomic E-state index is -0.431. The first-order chi connectivity index (χ1) is 13.1. The third-order valence-electron chi connectivity index (χ3n) is 3.38. The average molecular weight is 405 g/mol. The smallest absolute Gasteiger partial charge is 0.252 e. The molecule has 0 aliphatic carbocycles. The number of hydrogen-bond acceptors (Lipinski definition) is 3. The van der Waals surface area contributed by atoms with E-state index in [0.717, 1.165) is 10.0 Å². The maximum Gasteiger partial charge on any atom is 0.252 e. The van der Waals surface area contributed by atoms with Crippen LogP contribution < -0.4 is 0 Å². The Bertz CT molecular complexity index is 680. The monoisotopic (exact) mass is 404 g/mol. The van der Waals surface area contributed by atoms with Crippen molar-refractivity contribution in [3.63, 3.8) is 0 Å². The first kappa shape index (κ1) is 22.7. The van der Waals surface area contributed by atoms with Crippen LogP contribution in [0.25, 0.3) is 0 Å². The van der Waals surface area contributed by atoms with Gasteiger partial charge >= 0.3 is 0 Å². The van der Waals surface area contributed by atoms with Crippen molar-refractivity contribution >= 4 is 29.1 Å². The van der Waals surface area contributed by atoms with Gasteiger partial charge in [-0.3, -0.25) is 4.79 Å². The van der Waals surface area contributed by atoms with Crippen molar-refractivity contribution < 1.29 is 9.53 Å². The van der Waals surface area contributed by atoms with Crippen LogP contribution in [0.3, 0.4) is 0 Å². The fraction of sp³-hybridized carbons (Fsp3) is 0.238. The zero-order valence-electron chi connectivity index (χ0n) is 14.9. The predicted molar refractivity (Wildman–Crippen MR) is 110 cm³/mol. The molecule has 1 unspecified atom stereocenters. The van der Waals surface area contributed by atoms with Crippen LogP contribution in [0.15, 0.2) is 73.3 Å². The maximum atomic E-state index is 11.5. The van der Waals surface area contributed by atoms with Gasteiger partial charge in [0.2, 0.25) is 0 Å². The summed E-state index contributed by atoms with van der Waals surface area (Å²) in [6, 6.07) is 20.8. The molecule has 0 spiro atoms. The van der Waals surface area contributed by atoms with E-state index in [4.69, 9.17) is 33.2 Å². The van der Waals surface area contributed by atoms with Crippen LogP contribution in [0, 0.1) is 11.3 Å². The van der Waals surface area contributed by atoms with Gasteiger partial charge in [-0.15, -0.1) is 6.58 Å². The van der Waals surface area contributed by atoms with Crippen LogP contribution in [0.2, 0.25) is 10.0 Å². The van der Waals surface area contributed by atoms with E-state index < -0.39 is 6.10 Å². The van der Waals surface area contributed by atoms with E-state index >= 15 is 0 Å². The molecule has 142 valence electrons. The lowest BCUT2D eigenvalue weighted by Gasteiger charge is -2.30. The molecule has 1 amide bonds. The van der Waals surface area contributed by atoms with Gasteiger partial charge in [0.1, 0.15) is 12.6 Å². The highest BCUT2D eigenvalue weighted by atomic mass is 35.5. The van der Waals surface area contributed by atoms with E-state index in [1.54, 1.807) is 6.08 Å². The molecule has 0 N–H and O–H groups in total. The van der Waals surface area contributed by atoms with Gasteiger partial charge in [-0.2, -0.15) is 5.26 Å². The third kappa shape index (κ3) is 9.81. The molecule has 27 heavy (non-hydrogen) atoms. The maximum absolute atomic E-state index is 11.5. The largest absolute Gasteiger partial charge is 0.366 e. The van der Waals surface area contributed by atoms with Gasteiger partial charge in [0, 0.05) is 23.0 Å². The highest BCUT2D eigenvalue weighted by molar-refractivity contribution is 6.30. The molecule has 2 aromatic carbocycles. The van der Waals surface area contributed by atoms with Crippen molar-refractivity contribution in [1.29, 1.82) is 5.26 Å². The van der Waals surface area contributed by atoms with Crippen LogP contribution >= 0.6 is 23.2 Å². The van der Waals surface area contributed by atoms with Crippen molar-refractivity contribution in [3.8, 4) is 6.07 Å². The molecule has 1 atom stereocenters. The number of ether oxygens (including phenoxy) is 1. The van der Waals surface area contributed by atoms with Crippen LogP contribution in [-0.4, -0.2) is 36.6 Å². The normalized spacial score (nSPS) is 15.4. The highest BCUT2D eigenvalue weighted by Crippen LogP contribution is 2.10. The van der Waals surface area contributed by atoms with Crippen LogP contribution in [-0.2, 0) is 9.53 Å². The summed E-state index contributed by atoms with van der Waals surface area (Å²) in [5.41, 5.74) is 0. The number of nitriles is 1. The van der Waals surface area contributed by atoms with E-state index in [9.17, 15) is 4.79 Å². The zero-order chi connectivity index (χ0) is 19.9. The lowest BCUT2D eigenvalue weighted by Crippen LogP contribution is -2.47. The van der Waals surface area contributed by atoms with Crippen molar-refractivity contribution in [2.24, 2.45) is 0 Å². The number of morpholine rings is 1.